The quantitative estimate of drug-likeness (QED) is 0.488. The standard InChI is InChI=1S/C7H8IP/c1-5-2-3-6(8)4-7(5)9/h2-4H,9H2,1H3. The van der Waals surface area contributed by atoms with Crippen LogP contribution in [0.15, 0.2) is 18.2 Å². The van der Waals surface area contributed by atoms with Crippen molar-refractivity contribution in [3.05, 3.63) is 27.3 Å². The van der Waals surface area contributed by atoms with E-state index >= 15 is 0 Å². The fourth-order valence-corrected chi connectivity index (χ4v) is 1.74. The van der Waals surface area contributed by atoms with Gasteiger partial charge in [-0.3, -0.25) is 0 Å². The Balaban J connectivity index is 3.17. The first kappa shape index (κ1) is 7.49. The summed E-state index contributed by atoms with van der Waals surface area (Å²) in [4.78, 5) is 0. The van der Waals surface area contributed by atoms with E-state index in [2.05, 4.69) is 57.0 Å². The number of hydrogen-bond donors (Lipinski definition) is 0. The molecule has 0 spiro atoms. The van der Waals surface area contributed by atoms with Gasteiger partial charge in [-0.1, -0.05) is 6.07 Å². The third kappa shape index (κ3) is 1.91. The third-order valence-corrected chi connectivity index (χ3v) is 2.53. The average Bonchev–Trinajstić information content (AvgIpc) is 1.80. The molecule has 1 atom stereocenters. The molecule has 0 heterocycles. The summed E-state index contributed by atoms with van der Waals surface area (Å²) in [5, 5.41) is 1.29. The van der Waals surface area contributed by atoms with E-state index in [1.807, 2.05) is 0 Å². The topological polar surface area (TPSA) is 0 Å². The zero-order chi connectivity index (χ0) is 6.85. The lowest BCUT2D eigenvalue weighted by Gasteiger charge is -1.97. The average molecular weight is 250 g/mol. The molecule has 2 heteroatoms. The van der Waals surface area contributed by atoms with E-state index in [-0.39, 0.29) is 0 Å². The van der Waals surface area contributed by atoms with Crippen molar-refractivity contribution < 1.29 is 0 Å². The molecule has 0 nitrogen and oxygen atoms in total. The summed E-state index contributed by atoms with van der Waals surface area (Å²) in [6.45, 7) is 2.11. The lowest BCUT2D eigenvalue weighted by Crippen LogP contribution is -1.95. The molecular formula is C7H8IP. The van der Waals surface area contributed by atoms with Gasteiger partial charge in [-0.15, -0.1) is 9.24 Å². The number of rotatable bonds is 0. The fourth-order valence-electron chi connectivity index (χ4n) is 0.611. The molecule has 0 N–H and O–H groups in total. The van der Waals surface area contributed by atoms with Crippen LogP contribution < -0.4 is 5.30 Å². The molecular weight excluding hydrogens is 242 g/mol. The van der Waals surface area contributed by atoms with Gasteiger partial charge in [0.05, 0.1) is 0 Å². The minimum atomic E-state index is 1.29. The predicted molar refractivity (Wildman–Crippen MR) is 53.2 cm³/mol. The molecule has 1 aromatic carbocycles. The molecule has 0 aliphatic rings. The zero-order valence-electron chi connectivity index (χ0n) is 5.19. The zero-order valence-corrected chi connectivity index (χ0v) is 8.50. The van der Waals surface area contributed by atoms with Gasteiger partial charge in [0.25, 0.3) is 0 Å². The van der Waals surface area contributed by atoms with Crippen molar-refractivity contribution >= 4 is 37.1 Å². The second-order valence-corrected chi connectivity index (χ2v) is 3.87. The fraction of sp³-hybridized carbons (Fsp3) is 0.143. The van der Waals surface area contributed by atoms with Gasteiger partial charge in [0.1, 0.15) is 0 Å². The molecule has 0 aliphatic carbocycles. The van der Waals surface area contributed by atoms with Crippen LogP contribution in [-0.4, -0.2) is 0 Å². The monoisotopic (exact) mass is 250 g/mol. The predicted octanol–water partition coefficient (Wildman–Crippen LogP) is 2.10. The maximum atomic E-state index is 2.72. The van der Waals surface area contributed by atoms with Crippen LogP contribution in [0.3, 0.4) is 0 Å². The van der Waals surface area contributed by atoms with Crippen molar-refractivity contribution in [3.8, 4) is 0 Å². The summed E-state index contributed by atoms with van der Waals surface area (Å²) in [5.41, 5.74) is 1.33. The molecule has 1 rings (SSSR count). The Bertz CT molecular complexity index is 220. The molecule has 0 radical (unpaired) electrons. The van der Waals surface area contributed by atoms with Crippen LogP contribution in [-0.2, 0) is 0 Å². The van der Waals surface area contributed by atoms with Crippen molar-refractivity contribution in [1.82, 2.24) is 0 Å². The SMILES string of the molecule is Cc1ccc(I)cc1P. The molecule has 1 unspecified atom stereocenters. The summed E-state index contributed by atoms with van der Waals surface area (Å²) in [6.07, 6.45) is 0. The van der Waals surface area contributed by atoms with Gasteiger partial charge >= 0.3 is 0 Å². The normalized spacial score (nSPS) is 9.67. The van der Waals surface area contributed by atoms with E-state index in [1.54, 1.807) is 0 Å². The summed E-state index contributed by atoms with van der Waals surface area (Å²) in [7, 11) is 2.72. The highest BCUT2D eigenvalue weighted by Crippen LogP contribution is 2.05. The lowest BCUT2D eigenvalue weighted by atomic mass is 10.2. The molecule has 0 saturated carbocycles. The largest absolute Gasteiger partial charge is 0.105 e. The first-order chi connectivity index (χ1) is 4.20. The summed E-state index contributed by atoms with van der Waals surface area (Å²) in [6, 6.07) is 6.40. The van der Waals surface area contributed by atoms with Gasteiger partial charge in [0, 0.05) is 3.57 Å². The smallest absolute Gasteiger partial charge is 0.0136 e. The molecule has 0 aromatic heterocycles. The number of aryl methyl sites for hydroxylation is 1. The van der Waals surface area contributed by atoms with Crippen molar-refractivity contribution in [2.24, 2.45) is 0 Å². The summed E-state index contributed by atoms with van der Waals surface area (Å²) < 4.78 is 1.29. The second kappa shape index (κ2) is 2.98. The van der Waals surface area contributed by atoms with E-state index in [0.717, 1.165) is 0 Å². The highest BCUT2D eigenvalue weighted by molar-refractivity contribution is 14.1. The molecule has 0 bridgehead atoms. The van der Waals surface area contributed by atoms with Crippen LogP contribution in [0.2, 0.25) is 0 Å². The highest BCUT2D eigenvalue weighted by atomic mass is 127. The Morgan fingerprint density at radius 3 is 2.56 bits per heavy atom. The van der Waals surface area contributed by atoms with Gasteiger partial charge in [0.2, 0.25) is 0 Å². The highest BCUT2D eigenvalue weighted by Gasteiger charge is 1.90. The number of benzene rings is 1. The Morgan fingerprint density at radius 2 is 2.11 bits per heavy atom. The molecule has 0 fully saturated rings. The maximum absolute atomic E-state index is 2.72. The van der Waals surface area contributed by atoms with E-state index in [0.29, 0.717) is 0 Å². The molecule has 0 aliphatic heterocycles. The Kier molecular flexibility index (Phi) is 2.48. The van der Waals surface area contributed by atoms with Crippen LogP contribution in [0.25, 0.3) is 0 Å². The van der Waals surface area contributed by atoms with Crippen molar-refractivity contribution in [2.45, 2.75) is 6.92 Å². The van der Waals surface area contributed by atoms with Crippen LogP contribution >= 0.6 is 31.8 Å². The van der Waals surface area contributed by atoms with E-state index in [1.165, 1.54) is 14.4 Å². The number of halogens is 1. The molecule has 0 saturated heterocycles. The number of hydrogen-bond acceptors (Lipinski definition) is 0. The van der Waals surface area contributed by atoms with Gasteiger partial charge < -0.3 is 0 Å². The second-order valence-electron chi connectivity index (χ2n) is 2.00. The van der Waals surface area contributed by atoms with Gasteiger partial charge in [-0.2, -0.15) is 0 Å². The van der Waals surface area contributed by atoms with Gasteiger partial charge in [-0.25, -0.2) is 0 Å². The minimum Gasteiger partial charge on any atom is -0.105 e. The van der Waals surface area contributed by atoms with Crippen molar-refractivity contribution in [2.75, 3.05) is 0 Å². The summed E-state index contributed by atoms with van der Waals surface area (Å²) in [5.74, 6) is 0. The van der Waals surface area contributed by atoms with Gasteiger partial charge in [-0.05, 0) is 52.5 Å². The van der Waals surface area contributed by atoms with Crippen LogP contribution in [0.4, 0.5) is 0 Å². The summed E-state index contributed by atoms with van der Waals surface area (Å²) >= 11 is 2.31. The lowest BCUT2D eigenvalue weighted by molar-refractivity contribution is 1.50. The first-order valence-corrected chi connectivity index (χ1v) is 4.37. The Hall–Kier alpha value is 0.380. The minimum absolute atomic E-state index is 1.29. The Labute approximate surface area is 71.4 Å². The van der Waals surface area contributed by atoms with E-state index in [4.69, 9.17) is 0 Å². The first-order valence-electron chi connectivity index (χ1n) is 2.72. The van der Waals surface area contributed by atoms with Crippen LogP contribution in [0.1, 0.15) is 5.56 Å². The van der Waals surface area contributed by atoms with E-state index < -0.39 is 0 Å². The van der Waals surface area contributed by atoms with Gasteiger partial charge in [0.15, 0.2) is 0 Å². The molecule has 48 valence electrons. The molecule has 1 aromatic rings. The van der Waals surface area contributed by atoms with E-state index in [9.17, 15) is 0 Å². The molecule has 0 amide bonds. The van der Waals surface area contributed by atoms with Crippen LogP contribution in [0, 0.1) is 10.5 Å². The van der Waals surface area contributed by atoms with Crippen molar-refractivity contribution in [3.63, 3.8) is 0 Å². The third-order valence-electron chi connectivity index (χ3n) is 1.24. The Morgan fingerprint density at radius 1 is 1.44 bits per heavy atom. The molecule has 9 heavy (non-hydrogen) atoms. The van der Waals surface area contributed by atoms with Crippen LogP contribution in [0.5, 0.6) is 0 Å². The maximum Gasteiger partial charge on any atom is 0.0136 e. The van der Waals surface area contributed by atoms with Crippen molar-refractivity contribution in [1.29, 1.82) is 0 Å².